The highest BCUT2D eigenvalue weighted by molar-refractivity contribution is 5.40. The van der Waals surface area contributed by atoms with Gasteiger partial charge in [-0.05, 0) is 55.6 Å². The summed E-state index contributed by atoms with van der Waals surface area (Å²) in [7, 11) is 0. The summed E-state index contributed by atoms with van der Waals surface area (Å²) in [5.74, 6) is 3.01. The Labute approximate surface area is 91.1 Å². The van der Waals surface area contributed by atoms with Gasteiger partial charge in [-0.3, -0.25) is 4.98 Å². The normalized spacial score (nSPS) is 20.6. The van der Waals surface area contributed by atoms with E-state index in [-0.39, 0.29) is 0 Å². The molecule has 0 radical (unpaired) electrons. The predicted octanol–water partition coefficient (Wildman–Crippen LogP) is 2.93. The zero-order chi connectivity index (χ0) is 10.1. The second-order valence-electron chi connectivity index (χ2n) is 4.96. The lowest BCUT2D eigenvalue weighted by molar-refractivity contribution is 0.428. The first-order chi connectivity index (χ1) is 7.43. The van der Waals surface area contributed by atoms with Crippen molar-refractivity contribution in [2.75, 3.05) is 11.9 Å². The Morgan fingerprint density at radius 1 is 1.13 bits per heavy atom. The summed E-state index contributed by atoms with van der Waals surface area (Å²) < 4.78 is 0. The average Bonchev–Trinajstić information content (AvgIpc) is 3.14. The van der Waals surface area contributed by atoms with E-state index in [2.05, 4.69) is 22.4 Å². The van der Waals surface area contributed by atoms with Gasteiger partial charge in [0, 0.05) is 24.6 Å². The Morgan fingerprint density at radius 3 is 2.27 bits per heavy atom. The van der Waals surface area contributed by atoms with Crippen LogP contribution in [0.4, 0.5) is 5.69 Å². The Morgan fingerprint density at radius 2 is 1.73 bits per heavy atom. The highest BCUT2D eigenvalue weighted by Gasteiger charge is 2.40. The van der Waals surface area contributed by atoms with E-state index in [4.69, 9.17) is 0 Å². The fraction of sp³-hybridized carbons (Fsp3) is 0.615. The lowest BCUT2D eigenvalue weighted by Gasteiger charge is -2.16. The molecule has 1 N–H and O–H groups in total. The van der Waals surface area contributed by atoms with Crippen molar-refractivity contribution in [1.82, 2.24) is 4.98 Å². The molecular weight excluding hydrogens is 184 g/mol. The summed E-state index contributed by atoms with van der Waals surface area (Å²) in [6, 6.07) is 4.10. The second kappa shape index (κ2) is 3.84. The molecular formula is C13H18N2. The molecule has 0 amide bonds. The predicted molar refractivity (Wildman–Crippen MR) is 61.7 cm³/mol. The van der Waals surface area contributed by atoms with E-state index in [0.717, 1.165) is 17.8 Å². The van der Waals surface area contributed by atoms with E-state index in [1.54, 1.807) is 0 Å². The first-order valence-electron chi connectivity index (χ1n) is 6.07. The molecule has 0 aromatic carbocycles. The summed E-state index contributed by atoms with van der Waals surface area (Å²) in [6.45, 7) is 1.17. The molecule has 2 saturated carbocycles. The van der Waals surface area contributed by atoms with Gasteiger partial charge in [0.05, 0.1) is 0 Å². The van der Waals surface area contributed by atoms with Crippen LogP contribution >= 0.6 is 0 Å². The summed E-state index contributed by atoms with van der Waals surface area (Å²) in [5, 5.41) is 3.55. The number of anilines is 1. The third-order valence-electron chi connectivity index (χ3n) is 3.68. The van der Waals surface area contributed by atoms with Gasteiger partial charge >= 0.3 is 0 Å². The smallest absolute Gasteiger partial charge is 0.0371 e. The number of nitrogens with one attached hydrogen (secondary N) is 1. The Hall–Kier alpha value is -1.05. The molecule has 0 atom stereocenters. The largest absolute Gasteiger partial charge is 0.385 e. The molecule has 3 rings (SSSR count). The van der Waals surface area contributed by atoms with Gasteiger partial charge in [0.25, 0.3) is 0 Å². The Kier molecular flexibility index (Phi) is 2.35. The Balaban J connectivity index is 1.55. The third kappa shape index (κ3) is 2.31. The Bertz CT molecular complexity index is 303. The fourth-order valence-corrected chi connectivity index (χ4v) is 2.47. The quantitative estimate of drug-likeness (QED) is 0.794. The maximum absolute atomic E-state index is 4.03. The van der Waals surface area contributed by atoms with E-state index in [9.17, 15) is 0 Å². The van der Waals surface area contributed by atoms with Crippen LogP contribution in [0.25, 0.3) is 0 Å². The van der Waals surface area contributed by atoms with Crippen LogP contribution in [-0.2, 0) is 0 Å². The zero-order valence-electron chi connectivity index (χ0n) is 9.02. The highest BCUT2D eigenvalue weighted by Crippen LogP contribution is 2.49. The second-order valence-corrected chi connectivity index (χ2v) is 4.96. The van der Waals surface area contributed by atoms with Gasteiger partial charge in [0.15, 0.2) is 0 Å². The minimum Gasteiger partial charge on any atom is -0.385 e. The molecule has 1 aromatic heterocycles. The van der Waals surface area contributed by atoms with Crippen LogP contribution in [0.2, 0.25) is 0 Å². The maximum Gasteiger partial charge on any atom is 0.0371 e. The van der Waals surface area contributed by atoms with Crippen molar-refractivity contribution < 1.29 is 0 Å². The molecule has 2 heteroatoms. The topological polar surface area (TPSA) is 24.9 Å². The van der Waals surface area contributed by atoms with E-state index in [1.807, 2.05) is 12.4 Å². The van der Waals surface area contributed by atoms with Crippen LogP contribution in [-0.4, -0.2) is 11.5 Å². The van der Waals surface area contributed by atoms with Gasteiger partial charge in [-0.15, -0.1) is 0 Å². The van der Waals surface area contributed by atoms with Crippen molar-refractivity contribution in [1.29, 1.82) is 0 Å². The van der Waals surface area contributed by atoms with E-state index >= 15 is 0 Å². The number of aromatic nitrogens is 1. The molecule has 0 saturated heterocycles. The van der Waals surface area contributed by atoms with Crippen molar-refractivity contribution in [3.05, 3.63) is 24.5 Å². The zero-order valence-corrected chi connectivity index (χ0v) is 9.02. The van der Waals surface area contributed by atoms with Crippen molar-refractivity contribution in [2.45, 2.75) is 25.7 Å². The molecule has 15 heavy (non-hydrogen) atoms. The van der Waals surface area contributed by atoms with E-state index in [1.165, 1.54) is 37.9 Å². The molecule has 1 aromatic rings. The van der Waals surface area contributed by atoms with Crippen LogP contribution in [0.5, 0.6) is 0 Å². The molecule has 80 valence electrons. The summed E-state index contributed by atoms with van der Waals surface area (Å²) in [4.78, 5) is 4.03. The molecule has 0 spiro atoms. The molecule has 2 fully saturated rings. The first-order valence-corrected chi connectivity index (χ1v) is 6.07. The minimum absolute atomic E-state index is 0.943. The van der Waals surface area contributed by atoms with Gasteiger partial charge < -0.3 is 5.32 Å². The first kappa shape index (κ1) is 9.20. The van der Waals surface area contributed by atoms with Crippen LogP contribution in [0.3, 0.4) is 0 Å². The molecule has 0 unspecified atom stereocenters. The van der Waals surface area contributed by atoms with Crippen molar-refractivity contribution in [3.8, 4) is 0 Å². The molecule has 1 heterocycles. The molecule has 0 aliphatic heterocycles. The van der Waals surface area contributed by atoms with E-state index < -0.39 is 0 Å². The number of nitrogens with zero attached hydrogens (tertiary/aromatic N) is 1. The molecule has 0 bridgehead atoms. The van der Waals surface area contributed by atoms with Crippen LogP contribution in [0, 0.1) is 17.8 Å². The standard InChI is InChI=1S/C13H18N2/c1-2-10(1)13(11-3-4-11)9-15-12-5-7-14-8-6-12/h5-8,10-11,13H,1-4,9H2,(H,14,15). The monoisotopic (exact) mass is 202 g/mol. The van der Waals surface area contributed by atoms with Crippen LogP contribution < -0.4 is 5.32 Å². The van der Waals surface area contributed by atoms with Crippen molar-refractivity contribution in [2.24, 2.45) is 17.8 Å². The van der Waals surface area contributed by atoms with Gasteiger partial charge in [-0.25, -0.2) is 0 Å². The number of pyridine rings is 1. The van der Waals surface area contributed by atoms with E-state index in [0.29, 0.717) is 0 Å². The summed E-state index contributed by atoms with van der Waals surface area (Å²) in [6.07, 6.45) is 9.59. The maximum atomic E-state index is 4.03. The fourth-order valence-electron chi connectivity index (χ4n) is 2.47. The average molecular weight is 202 g/mol. The molecule has 2 aliphatic carbocycles. The van der Waals surface area contributed by atoms with Crippen LogP contribution in [0.1, 0.15) is 25.7 Å². The lowest BCUT2D eigenvalue weighted by Crippen LogP contribution is -2.18. The SMILES string of the molecule is c1cc(NCC(C2CC2)C2CC2)ccn1. The van der Waals surface area contributed by atoms with Gasteiger partial charge in [0.1, 0.15) is 0 Å². The van der Waals surface area contributed by atoms with Crippen molar-refractivity contribution in [3.63, 3.8) is 0 Å². The number of hydrogen-bond donors (Lipinski definition) is 1. The van der Waals surface area contributed by atoms with Gasteiger partial charge in [-0.1, -0.05) is 0 Å². The molecule has 2 aliphatic rings. The number of hydrogen-bond acceptors (Lipinski definition) is 2. The molecule has 2 nitrogen and oxygen atoms in total. The van der Waals surface area contributed by atoms with Crippen LogP contribution in [0.15, 0.2) is 24.5 Å². The third-order valence-corrected chi connectivity index (χ3v) is 3.68. The summed E-state index contributed by atoms with van der Waals surface area (Å²) in [5.41, 5.74) is 1.22. The highest BCUT2D eigenvalue weighted by atomic mass is 14.9. The summed E-state index contributed by atoms with van der Waals surface area (Å²) >= 11 is 0. The lowest BCUT2D eigenvalue weighted by atomic mass is 9.98. The minimum atomic E-state index is 0.943. The van der Waals surface area contributed by atoms with Crippen molar-refractivity contribution >= 4 is 5.69 Å². The number of rotatable bonds is 5. The van der Waals surface area contributed by atoms with Gasteiger partial charge in [0.2, 0.25) is 0 Å². The van der Waals surface area contributed by atoms with Gasteiger partial charge in [-0.2, -0.15) is 0 Å².